The van der Waals surface area contributed by atoms with Crippen LogP contribution >= 0.6 is 0 Å². The molecule has 6 rings (SSSR count). The number of hydrogen-bond acceptors (Lipinski definition) is 5. The molecule has 1 aromatic rings. The molecular weight excluding hydrogens is 572 g/mol. The summed E-state index contributed by atoms with van der Waals surface area (Å²) in [6.07, 6.45) is 14.7. The van der Waals surface area contributed by atoms with Crippen molar-refractivity contribution in [1.82, 2.24) is 0 Å². The van der Waals surface area contributed by atoms with Crippen molar-refractivity contribution in [3.8, 4) is 5.75 Å². The van der Waals surface area contributed by atoms with Gasteiger partial charge < -0.3 is 14.6 Å². The van der Waals surface area contributed by atoms with Gasteiger partial charge >= 0.3 is 11.9 Å². The topological polar surface area (TPSA) is 72.8 Å². The molecule has 1 N–H and O–H groups in total. The van der Waals surface area contributed by atoms with E-state index >= 15 is 0 Å². The number of phenolic OH excluding ortho intramolecular Hbond substituents is 1. The molecular formula is C41H58O5. The minimum atomic E-state index is -0.286. The van der Waals surface area contributed by atoms with E-state index in [9.17, 15) is 14.7 Å². The van der Waals surface area contributed by atoms with E-state index in [0.29, 0.717) is 36.2 Å². The fraction of sp³-hybridized carbons (Fsp3) is 0.707. The van der Waals surface area contributed by atoms with Crippen molar-refractivity contribution < 1.29 is 24.2 Å². The number of allylic oxidation sites excluding steroid dienone is 1. The number of phenols is 1. The Morgan fingerprint density at radius 3 is 2.26 bits per heavy atom. The molecule has 0 heterocycles. The van der Waals surface area contributed by atoms with E-state index in [1.54, 1.807) is 37.3 Å². The number of benzene rings is 1. The first kappa shape index (κ1) is 33.3. The Bertz CT molecular complexity index is 1390. The lowest BCUT2D eigenvalue weighted by atomic mass is 9.32. The molecule has 252 valence electrons. The van der Waals surface area contributed by atoms with Gasteiger partial charge in [-0.15, -0.1) is 0 Å². The third-order valence-electron chi connectivity index (χ3n) is 15.3. The van der Waals surface area contributed by atoms with E-state index in [0.717, 1.165) is 31.2 Å². The molecule has 0 saturated heterocycles. The van der Waals surface area contributed by atoms with Crippen LogP contribution < -0.4 is 0 Å². The monoisotopic (exact) mass is 630 g/mol. The summed E-state index contributed by atoms with van der Waals surface area (Å²) in [6, 6.07) is 6.84. The number of carbonyl (C=O) groups is 2. The summed E-state index contributed by atoms with van der Waals surface area (Å²) in [6.45, 7) is 21.5. The molecule has 0 aromatic heterocycles. The van der Waals surface area contributed by atoms with Crippen molar-refractivity contribution in [2.45, 2.75) is 119 Å². The first-order valence-corrected chi connectivity index (χ1v) is 18.0. The first-order chi connectivity index (χ1) is 21.6. The van der Waals surface area contributed by atoms with Gasteiger partial charge in [-0.2, -0.15) is 0 Å². The van der Waals surface area contributed by atoms with Gasteiger partial charge in [0.2, 0.25) is 0 Å². The molecule has 5 nitrogen and oxygen atoms in total. The van der Waals surface area contributed by atoms with Crippen LogP contribution in [0.5, 0.6) is 5.75 Å². The van der Waals surface area contributed by atoms with Crippen molar-refractivity contribution in [1.29, 1.82) is 0 Å². The zero-order chi connectivity index (χ0) is 33.3. The van der Waals surface area contributed by atoms with Crippen LogP contribution in [0.25, 0.3) is 6.08 Å². The van der Waals surface area contributed by atoms with Crippen molar-refractivity contribution in [2.75, 3.05) is 6.61 Å². The summed E-state index contributed by atoms with van der Waals surface area (Å²) in [5, 5.41) is 9.56. The lowest BCUT2D eigenvalue weighted by Crippen LogP contribution is -2.67. The maximum absolute atomic E-state index is 13.0. The van der Waals surface area contributed by atoms with Crippen LogP contribution in [-0.4, -0.2) is 29.8 Å². The van der Waals surface area contributed by atoms with Gasteiger partial charge in [-0.25, -0.2) is 4.79 Å². The Labute approximate surface area is 277 Å². The maximum Gasteiger partial charge on any atom is 0.331 e. The summed E-state index contributed by atoms with van der Waals surface area (Å²) >= 11 is 0. The molecule has 10 atom stereocenters. The Hall–Kier alpha value is -2.56. The standard InChI is InChI=1S/C41H58O5/c1-26(2)30-17-22-41(25-45-27(3)42)24-23-39(7)31(36(30)41)14-15-33-38(6)20-19-34(37(4,5)32(38)18-21-40(33,39)8)46-35(44)16-11-28-9-12-29(43)13-10-28/h9-13,16,30-34,36,43H,1,14-15,17-25H2,2-8H3/t30-,31+,32-,33+,34-,36+,38-,39+,40+,41+/m0/s1. The van der Waals surface area contributed by atoms with Crippen LogP contribution in [0, 0.1) is 56.7 Å². The van der Waals surface area contributed by atoms with E-state index in [4.69, 9.17) is 9.47 Å². The quantitative estimate of drug-likeness (QED) is 0.193. The largest absolute Gasteiger partial charge is 0.508 e. The fourth-order valence-corrected chi connectivity index (χ4v) is 12.9. The summed E-state index contributed by atoms with van der Waals surface area (Å²) in [5.41, 5.74) is 2.82. The molecule has 0 aliphatic heterocycles. The van der Waals surface area contributed by atoms with Crippen molar-refractivity contribution in [3.63, 3.8) is 0 Å². The first-order valence-electron chi connectivity index (χ1n) is 18.0. The number of esters is 2. The van der Waals surface area contributed by atoms with Crippen LogP contribution in [0.4, 0.5) is 0 Å². The number of carbonyl (C=O) groups excluding carboxylic acids is 2. The SMILES string of the molecule is C=C(C)[C@@H]1CC[C@]2(COC(C)=O)CC[C@]3(C)[C@H](CC[C@@H]4[C@@]5(C)CC[C@H](OC(=O)C=Cc6ccc(O)cc6)C(C)(C)[C@@H]5CC[C@]43C)[C@@H]12. The highest BCUT2D eigenvalue weighted by molar-refractivity contribution is 5.87. The number of ether oxygens (including phenoxy) is 2. The normalized spacial score (nSPS) is 42.7. The minimum absolute atomic E-state index is 0.0877. The number of aromatic hydroxyl groups is 1. The van der Waals surface area contributed by atoms with E-state index in [-0.39, 0.29) is 50.9 Å². The molecule has 0 spiro atoms. The van der Waals surface area contributed by atoms with E-state index in [2.05, 4.69) is 48.1 Å². The van der Waals surface area contributed by atoms with Gasteiger partial charge in [-0.1, -0.05) is 58.9 Å². The number of hydrogen-bond donors (Lipinski definition) is 1. The average Bonchev–Trinajstić information content (AvgIpc) is 3.38. The van der Waals surface area contributed by atoms with Crippen LogP contribution in [0.2, 0.25) is 0 Å². The van der Waals surface area contributed by atoms with Gasteiger partial charge in [0.25, 0.3) is 0 Å². The number of rotatable bonds is 6. The molecule has 46 heavy (non-hydrogen) atoms. The van der Waals surface area contributed by atoms with Gasteiger partial charge in [0, 0.05) is 23.8 Å². The predicted octanol–water partition coefficient (Wildman–Crippen LogP) is 9.54. The molecule has 5 fully saturated rings. The highest BCUT2D eigenvalue weighted by atomic mass is 16.5. The van der Waals surface area contributed by atoms with Crippen LogP contribution in [0.1, 0.15) is 118 Å². The lowest BCUT2D eigenvalue weighted by molar-refractivity contribution is -0.251. The van der Waals surface area contributed by atoms with Crippen LogP contribution in [-0.2, 0) is 19.1 Å². The Kier molecular flexibility index (Phi) is 8.37. The zero-order valence-electron chi connectivity index (χ0n) is 29.5. The number of fused-ring (bicyclic) bond motifs is 7. The summed E-state index contributed by atoms with van der Waals surface area (Å²) in [7, 11) is 0. The van der Waals surface area contributed by atoms with Gasteiger partial charge in [-0.3, -0.25) is 4.79 Å². The second-order valence-corrected chi connectivity index (χ2v) is 17.5. The van der Waals surface area contributed by atoms with E-state index in [1.807, 2.05) is 0 Å². The Morgan fingerprint density at radius 2 is 1.59 bits per heavy atom. The second kappa shape index (κ2) is 11.5. The van der Waals surface area contributed by atoms with Crippen molar-refractivity contribution in [2.24, 2.45) is 56.7 Å². The van der Waals surface area contributed by atoms with Gasteiger partial charge in [0.05, 0.1) is 6.61 Å². The van der Waals surface area contributed by atoms with Crippen LogP contribution in [0.15, 0.2) is 42.5 Å². The Morgan fingerprint density at radius 1 is 0.870 bits per heavy atom. The van der Waals surface area contributed by atoms with Gasteiger partial charge in [0.1, 0.15) is 11.9 Å². The predicted molar refractivity (Wildman–Crippen MR) is 183 cm³/mol. The van der Waals surface area contributed by atoms with E-state index < -0.39 is 0 Å². The summed E-state index contributed by atoms with van der Waals surface area (Å²) < 4.78 is 12.1. The Balaban J connectivity index is 1.23. The molecule has 5 heteroatoms. The summed E-state index contributed by atoms with van der Waals surface area (Å²) in [5.74, 6) is 2.57. The minimum Gasteiger partial charge on any atom is -0.508 e. The molecule has 5 aliphatic rings. The molecule has 0 unspecified atom stereocenters. The highest BCUT2D eigenvalue weighted by Gasteiger charge is 2.71. The van der Waals surface area contributed by atoms with Crippen molar-refractivity contribution >= 4 is 18.0 Å². The maximum atomic E-state index is 13.0. The third-order valence-corrected chi connectivity index (χ3v) is 15.3. The molecule has 0 bridgehead atoms. The molecule has 1 aromatic carbocycles. The smallest absolute Gasteiger partial charge is 0.331 e. The fourth-order valence-electron chi connectivity index (χ4n) is 12.9. The highest BCUT2D eigenvalue weighted by Crippen LogP contribution is 2.77. The van der Waals surface area contributed by atoms with Gasteiger partial charge in [0.15, 0.2) is 0 Å². The lowest BCUT2D eigenvalue weighted by Gasteiger charge is -2.73. The molecule has 5 saturated carbocycles. The third kappa shape index (κ3) is 5.09. The van der Waals surface area contributed by atoms with Gasteiger partial charge in [-0.05, 0) is 141 Å². The van der Waals surface area contributed by atoms with E-state index in [1.165, 1.54) is 50.2 Å². The van der Waals surface area contributed by atoms with Crippen molar-refractivity contribution in [3.05, 3.63) is 48.1 Å². The molecule has 0 radical (unpaired) electrons. The molecule has 0 amide bonds. The zero-order valence-corrected chi connectivity index (χ0v) is 29.5. The average molecular weight is 631 g/mol. The van der Waals surface area contributed by atoms with Crippen LogP contribution in [0.3, 0.4) is 0 Å². The molecule has 5 aliphatic carbocycles. The second-order valence-electron chi connectivity index (χ2n) is 17.5. The summed E-state index contributed by atoms with van der Waals surface area (Å²) in [4.78, 5) is 25.0.